The second-order valence-electron chi connectivity index (χ2n) is 6.04. The lowest BCUT2D eigenvalue weighted by molar-refractivity contribution is -0.147. The van der Waals surface area contributed by atoms with Gasteiger partial charge in [-0.15, -0.1) is 0 Å². The van der Waals surface area contributed by atoms with Crippen molar-refractivity contribution in [3.63, 3.8) is 0 Å². The molecule has 5 heteroatoms. The Balaban J connectivity index is 2.60. The summed E-state index contributed by atoms with van der Waals surface area (Å²) >= 11 is 0. The van der Waals surface area contributed by atoms with Gasteiger partial charge in [-0.25, -0.2) is 0 Å². The van der Waals surface area contributed by atoms with E-state index in [1.54, 1.807) is 6.92 Å². The van der Waals surface area contributed by atoms with Gasteiger partial charge in [0.2, 0.25) is 0 Å². The van der Waals surface area contributed by atoms with Crippen molar-refractivity contribution in [2.75, 3.05) is 26.8 Å². The minimum atomic E-state index is -0.934. The molecule has 0 aliphatic carbocycles. The van der Waals surface area contributed by atoms with Crippen LogP contribution in [0.25, 0.3) is 0 Å². The van der Waals surface area contributed by atoms with Crippen molar-refractivity contribution in [2.24, 2.45) is 5.73 Å². The van der Waals surface area contributed by atoms with E-state index in [1.165, 1.54) is 7.11 Å². The van der Waals surface area contributed by atoms with Crippen molar-refractivity contribution in [2.45, 2.75) is 51.3 Å². The van der Waals surface area contributed by atoms with Crippen molar-refractivity contribution < 1.29 is 14.3 Å². The molecule has 0 saturated carbocycles. The summed E-state index contributed by atoms with van der Waals surface area (Å²) in [4.78, 5) is 13.9. The van der Waals surface area contributed by atoms with Crippen LogP contribution >= 0.6 is 0 Å². The molecule has 2 atom stereocenters. The van der Waals surface area contributed by atoms with Crippen molar-refractivity contribution in [1.29, 1.82) is 0 Å². The van der Waals surface area contributed by atoms with Crippen LogP contribution in [0.3, 0.4) is 0 Å². The highest BCUT2D eigenvalue weighted by atomic mass is 16.5. The number of carbonyl (C=O) groups excluding carboxylic acids is 1. The maximum Gasteiger partial charge on any atom is 0.325 e. The zero-order valence-corrected chi connectivity index (χ0v) is 12.2. The van der Waals surface area contributed by atoms with Crippen LogP contribution in [-0.2, 0) is 14.3 Å². The standard InChI is InChI=1S/C13H26N2O3/c1-10(8-13(4,14)11(16)17-5)15-6-7-18-12(2,3)9-15/h10H,6-9,14H2,1-5H3. The molecule has 1 aliphatic rings. The monoisotopic (exact) mass is 258 g/mol. The van der Waals surface area contributed by atoms with E-state index >= 15 is 0 Å². The van der Waals surface area contributed by atoms with Crippen LogP contribution in [0, 0.1) is 0 Å². The predicted octanol–water partition coefficient (Wildman–Crippen LogP) is 0.766. The van der Waals surface area contributed by atoms with Crippen LogP contribution in [0.2, 0.25) is 0 Å². The number of carbonyl (C=O) groups is 1. The van der Waals surface area contributed by atoms with Gasteiger partial charge in [-0.2, -0.15) is 0 Å². The van der Waals surface area contributed by atoms with Gasteiger partial charge in [0.25, 0.3) is 0 Å². The van der Waals surface area contributed by atoms with E-state index in [1.807, 2.05) is 0 Å². The molecule has 0 bridgehead atoms. The molecule has 0 aromatic carbocycles. The molecular formula is C13H26N2O3. The van der Waals surface area contributed by atoms with E-state index < -0.39 is 5.54 Å². The SMILES string of the molecule is COC(=O)C(C)(N)CC(C)N1CCOC(C)(C)C1. The van der Waals surface area contributed by atoms with Gasteiger partial charge < -0.3 is 15.2 Å². The third-order valence-electron chi connectivity index (χ3n) is 3.45. The van der Waals surface area contributed by atoms with Crippen LogP contribution in [0.4, 0.5) is 0 Å². The highest BCUT2D eigenvalue weighted by Gasteiger charge is 2.36. The number of hydrogen-bond donors (Lipinski definition) is 1. The van der Waals surface area contributed by atoms with Crippen LogP contribution < -0.4 is 5.73 Å². The second kappa shape index (κ2) is 5.55. The third-order valence-corrected chi connectivity index (χ3v) is 3.45. The Kier molecular flexibility index (Phi) is 4.75. The van der Waals surface area contributed by atoms with E-state index in [9.17, 15) is 4.79 Å². The Bertz CT molecular complexity index is 303. The Morgan fingerprint density at radius 1 is 1.61 bits per heavy atom. The van der Waals surface area contributed by atoms with Gasteiger partial charge in [0, 0.05) is 19.1 Å². The summed E-state index contributed by atoms with van der Waals surface area (Å²) in [6, 6.07) is 0.224. The molecule has 2 unspecified atom stereocenters. The summed E-state index contributed by atoms with van der Waals surface area (Å²) in [6.07, 6.45) is 0.579. The molecular weight excluding hydrogens is 232 g/mol. The van der Waals surface area contributed by atoms with Gasteiger partial charge in [-0.3, -0.25) is 9.69 Å². The van der Waals surface area contributed by atoms with Crippen molar-refractivity contribution in [1.82, 2.24) is 4.90 Å². The zero-order valence-electron chi connectivity index (χ0n) is 12.2. The van der Waals surface area contributed by atoms with Gasteiger partial charge in [0.1, 0.15) is 5.54 Å². The number of morpholine rings is 1. The maximum atomic E-state index is 11.6. The van der Waals surface area contributed by atoms with E-state index in [-0.39, 0.29) is 17.6 Å². The normalized spacial score (nSPS) is 25.2. The van der Waals surface area contributed by atoms with E-state index in [2.05, 4.69) is 25.7 Å². The summed E-state index contributed by atoms with van der Waals surface area (Å²) in [5.41, 5.74) is 4.94. The molecule has 2 N–H and O–H groups in total. The van der Waals surface area contributed by atoms with E-state index in [0.29, 0.717) is 6.42 Å². The number of nitrogens with zero attached hydrogens (tertiary/aromatic N) is 1. The van der Waals surface area contributed by atoms with Crippen LogP contribution in [-0.4, -0.2) is 54.9 Å². The highest BCUT2D eigenvalue weighted by Crippen LogP contribution is 2.22. The molecule has 5 nitrogen and oxygen atoms in total. The molecule has 1 aliphatic heterocycles. The lowest BCUT2D eigenvalue weighted by Crippen LogP contribution is -2.55. The third kappa shape index (κ3) is 3.93. The van der Waals surface area contributed by atoms with Crippen molar-refractivity contribution in [3.8, 4) is 0 Å². The fourth-order valence-electron chi connectivity index (χ4n) is 2.49. The smallest absolute Gasteiger partial charge is 0.325 e. The molecule has 0 aromatic rings. The van der Waals surface area contributed by atoms with Crippen molar-refractivity contribution >= 4 is 5.97 Å². The Morgan fingerprint density at radius 2 is 2.22 bits per heavy atom. The summed E-state index contributed by atoms with van der Waals surface area (Å²) in [7, 11) is 1.37. The van der Waals surface area contributed by atoms with Crippen LogP contribution in [0.1, 0.15) is 34.1 Å². The molecule has 0 aromatic heterocycles. The number of hydrogen-bond acceptors (Lipinski definition) is 5. The number of methoxy groups -OCH3 is 1. The molecule has 0 radical (unpaired) electrons. The molecule has 106 valence electrons. The number of esters is 1. The fraction of sp³-hybridized carbons (Fsp3) is 0.923. The molecule has 1 fully saturated rings. The van der Waals surface area contributed by atoms with Crippen LogP contribution in [0.5, 0.6) is 0 Å². The summed E-state index contributed by atoms with van der Waals surface area (Å²) in [5, 5.41) is 0. The molecule has 18 heavy (non-hydrogen) atoms. The average molecular weight is 258 g/mol. The van der Waals surface area contributed by atoms with E-state index in [4.69, 9.17) is 15.2 Å². The summed E-state index contributed by atoms with van der Waals surface area (Å²) in [6.45, 7) is 10.4. The molecule has 1 heterocycles. The van der Waals surface area contributed by atoms with E-state index in [0.717, 1.165) is 19.7 Å². The number of nitrogens with two attached hydrogens (primary N) is 1. The molecule has 0 amide bonds. The second-order valence-corrected chi connectivity index (χ2v) is 6.04. The Hall–Kier alpha value is -0.650. The number of ether oxygens (including phenoxy) is 2. The minimum absolute atomic E-state index is 0.136. The number of rotatable bonds is 4. The largest absolute Gasteiger partial charge is 0.468 e. The summed E-state index contributed by atoms with van der Waals surface area (Å²) < 4.78 is 10.4. The fourth-order valence-corrected chi connectivity index (χ4v) is 2.49. The average Bonchev–Trinajstić information content (AvgIpc) is 2.25. The maximum absolute atomic E-state index is 11.6. The Labute approximate surface area is 110 Å². The van der Waals surface area contributed by atoms with Crippen molar-refractivity contribution in [3.05, 3.63) is 0 Å². The first-order valence-electron chi connectivity index (χ1n) is 6.43. The first-order chi connectivity index (χ1) is 8.18. The first kappa shape index (κ1) is 15.4. The lowest BCUT2D eigenvalue weighted by Gasteiger charge is -2.42. The van der Waals surface area contributed by atoms with Crippen LogP contribution in [0.15, 0.2) is 0 Å². The summed E-state index contributed by atoms with van der Waals surface area (Å²) in [5.74, 6) is -0.359. The topological polar surface area (TPSA) is 64.8 Å². The highest BCUT2D eigenvalue weighted by molar-refractivity contribution is 5.79. The zero-order chi connectivity index (χ0) is 14.0. The van der Waals surface area contributed by atoms with Gasteiger partial charge >= 0.3 is 5.97 Å². The quantitative estimate of drug-likeness (QED) is 0.754. The molecule has 0 spiro atoms. The predicted molar refractivity (Wildman–Crippen MR) is 70.3 cm³/mol. The van der Waals surface area contributed by atoms with Gasteiger partial charge in [0.15, 0.2) is 0 Å². The van der Waals surface area contributed by atoms with Gasteiger partial charge in [-0.1, -0.05) is 0 Å². The first-order valence-corrected chi connectivity index (χ1v) is 6.43. The lowest BCUT2D eigenvalue weighted by atomic mass is 9.93. The molecule has 1 rings (SSSR count). The van der Waals surface area contributed by atoms with Gasteiger partial charge in [-0.05, 0) is 34.1 Å². The molecule has 1 saturated heterocycles. The van der Waals surface area contributed by atoms with Gasteiger partial charge in [0.05, 0.1) is 19.3 Å². The Morgan fingerprint density at radius 3 is 2.72 bits per heavy atom. The minimum Gasteiger partial charge on any atom is -0.468 e.